The van der Waals surface area contributed by atoms with Crippen LogP contribution in [0.5, 0.6) is 0 Å². The molecule has 102 valence electrons. The lowest BCUT2D eigenvalue weighted by atomic mass is 10.00. The van der Waals surface area contributed by atoms with Gasteiger partial charge in [-0.15, -0.1) is 0 Å². The van der Waals surface area contributed by atoms with Crippen molar-refractivity contribution in [1.29, 1.82) is 0 Å². The Morgan fingerprint density at radius 2 is 2.06 bits per heavy atom. The van der Waals surface area contributed by atoms with Gasteiger partial charge in [0.2, 0.25) is 10.0 Å². The Bertz CT molecular complexity index is 314. The Morgan fingerprint density at radius 1 is 1.35 bits per heavy atom. The lowest BCUT2D eigenvalue weighted by molar-refractivity contribution is 0.334. The summed E-state index contributed by atoms with van der Waals surface area (Å²) in [6.45, 7) is 6.77. The van der Waals surface area contributed by atoms with E-state index in [9.17, 15) is 8.42 Å². The maximum atomic E-state index is 11.7. The summed E-state index contributed by atoms with van der Waals surface area (Å²) in [5, 5.41) is 3.43. The minimum Gasteiger partial charge on any atom is -0.310 e. The molecule has 0 aromatic heterocycles. The summed E-state index contributed by atoms with van der Waals surface area (Å²) in [4.78, 5) is 0. The Balaban J connectivity index is 2.28. The first-order valence-corrected chi connectivity index (χ1v) is 8.27. The van der Waals surface area contributed by atoms with Crippen LogP contribution in [-0.2, 0) is 10.0 Å². The second-order valence-corrected chi connectivity index (χ2v) is 7.47. The number of nitrogens with one attached hydrogen (secondary N) is 2. The fourth-order valence-corrected chi connectivity index (χ4v) is 3.47. The van der Waals surface area contributed by atoms with Gasteiger partial charge in [0, 0.05) is 18.6 Å². The van der Waals surface area contributed by atoms with E-state index in [1.165, 1.54) is 12.8 Å². The molecule has 1 aliphatic heterocycles. The van der Waals surface area contributed by atoms with Gasteiger partial charge >= 0.3 is 0 Å². The van der Waals surface area contributed by atoms with Crippen molar-refractivity contribution in [2.45, 2.75) is 58.5 Å². The molecular formula is C12H26N2O2S. The van der Waals surface area contributed by atoms with Crippen molar-refractivity contribution < 1.29 is 8.42 Å². The van der Waals surface area contributed by atoms with Crippen LogP contribution >= 0.6 is 0 Å². The van der Waals surface area contributed by atoms with Crippen molar-refractivity contribution in [2.24, 2.45) is 5.92 Å². The first-order valence-electron chi connectivity index (χ1n) is 6.62. The molecule has 1 heterocycles. The van der Waals surface area contributed by atoms with Crippen LogP contribution in [0.25, 0.3) is 0 Å². The summed E-state index contributed by atoms with van der Waals surface area (Å²) in [5.74, 6) is 0.673. The van der Waals surface area contributed by atoms with Gasteiger partial charge < -0.3 is 5.32 Å². The van der Waals surface area contributed by atoms with E-state index in [-0.39, 0.29) is 5.75 Å². The zero-order valence-corrected chi connectivity index (χ0v) is 12.0. The van der Waals surface area contributed by atoms with E-state index in [0.29, 0.717) is 24.5 Å². The van der Waals surface area contributed by atoms with Crippen molar-refractivity contribution in [3.8, 4) is 0 Å². The van der Waals surface area contributed by atoms with E-state index >= 15 is 0 Å². The Hall–Kier alpha value is -0.130. The van der Waals surface area contributed by atoms with E-state index in [2.05, 4.69) is 17.0 Å². The van der Waals surface area contributed by atoms with Gasteiger partial charge in [-0.2, -0.15) is 0 Å². The Kier molecular flexibility index (Phi) is 5.89. The standard InChI is InChI=1S/C12H26N2O2S/c1-10(2)7-8-17(15,16)13-9-12-6-4-5-11(3)14-12/h10-14H,4-9H2,1-3H3. The van der Waals surface area contributed by atoms with Crippen molar-refractivity contribution >= 4 is 10.0 Å². The molecule has 4 nitrogen and oxygen atoms in total. The highest BCUT2D eigenvalue weighted by atomic mass is 32.2. The molecule has 1 rings (SSSR count). The second-order valence-electron chi connectivity index (χ2n) is 5.55. The lowest BCUT2D eigenvalue weighted by Crippen LogP contribution is -2.47. The fraction of sp³-hybridized carbons (Fsp3) is 1.00. The molecule has 0 bridgehead atoms. The van der Waals surface area contributed by atoms with Crippen LogP contribution in [0.3, 0.4) is 0 Å². The average Bonchev–Trinajstić information content (AvgIpc) is 2.24. The van der Waals surface area contributed by atoms with E-state index < -0.39 is 10.0 Å². The molecule has 0 aromatic rings. The third-order valence-electron chi connectivity index (χ3n) is 3.22. The molecule has 2 atom stereocenters. The number of rotatable bonds is 6. The molecule has 0 spiro atoms. The maximum Gasteiger partial charge on any atom is 0.211 e. The summed E-state index contributed by atoms with van der Waals surface area (Å²) in [6.07, 6.45) is 4.17. The lowest BCUT2D eigenvalue weighted by Gasteiger charge is -2.28. The average molecular weight is 262 g/mol. The van der Waals surface area contributed by atoms with Gasteiger partial charge in [0.1, 0.15) is 0 Å². The van der Waals surface area contributed by atoms with Crippen LogP contribution in [0.4, 0.5) is 0 Å². The first kappa shape index (κ1) is 14.9. The first-order chi connectivity index (χ1) is 7.89. The maximum absolute atomic E-state index is 11.7. The topological polar surface area (TPSA) is 58.2 Å². The quantitative estimate of drug-likeness (QED) is 0.762. The number of hydrogen-bond donors (Lipinski definition) is 2. The molecule has 2 N–H and O–H groups in total. The molecule has 0 radical (unpaired) electrons. The highest BCUT2D eigenvalue weighted by molar-refractivity contribution is 7.89. The third-order valence-corrected chi connectivity index (χ3v) is 4.60. The SMILES string of the molecule is CC(C)CCS(=O)(=O)NCC1CCCC(C)N1. The zero-order chi connectivity index (χ0) is 12.9. The van der Waals surface area contributed by atoms with Gasteiger partial charge in [-0.1, -0.05) is 20.3 Å². The van der Waals surface area contributed by atoms with Gasteiger partial charge in [0.05, 0.1) is 5.75 Å². The monoisotopic (exact) mass is 262 g/mol. The fourth-order valence-electron chi connectivity index (χ4n) is 2.09. The van der Waals surface area contributed by atoms with Crippen LogP contribution in [0.15, 0.2) is 0 Å². The van der Waals surface area contributed by atoms with E-state index in [1.54, 1.807) is 0 Å². The van der Waals surface area contributed by atoms with Crippen LogP contribution in [0.2, 0.25) is 0 Å². The molecule has 2 unspecified atom stereocenters. The van der Waals surface area contributed by atoms with E-state index in [4.69, 9.17) is 0 Å². The zero-order valence-electron chi connectivity index (χ0n) is 11.2. The Morgan fingerprint density at radius 3 is 2.65 bits per heavy atom. The molecular weight excluding hydrogens is 236 g/mol. The molecule has 0 aromatic carbocycles. The number of hydrogen-bond acceptors (Lipinski definition) is 3. The van der Waals surface area contributed by atoms with Crippen LogP contribution in [0.1, 0.15) is 46.5 Å². The molecule has 5 heteroatoms. The number of sulfonamides is 1. The highest BCUT2D eigenvalue weighted by Crippen LogP contribution is 2.12. The van der Waals surface area contributed by atoms with E-state index in [0.717, 1.165) is 12.8 Å². The van der Waals surface area contributed by atoms with Crippen molar-refractivity contribution in [3.63, 3.8) is 0 Å². The van der Waals surface area contributed by atoms with Crippen LogP contribution in [-0.4, -0.2) is 32.8 Å². The minimum absolute atomic E-state index is 0.243. The summed E-state index contributed by atoms with van der Waals surface area (Å²) in [5.41, 5.74) is 0. The van der Waals surface area contributed by atoms with Crippen LogP contribution < -0.4 is 10.0 Å². The van der Waals surface area contributed by atoms with Gasteiger partial charge in [-0.05, 0) is 32.1 Å². The molecule has 1 saturated heterocycles. The predicted octanol–water partition coefficient (Wildman–Crippen LogP) is 1.48. The van der Waals surface area contributed by atoms with Crippen molar-refractivity contribution in [1.82, 2.24) is 10.0 Å². The second kappa shape index (κ2) is 6.71. The van der Waals surface area contributed by atoms with Crippen molar-refractivity contribution in [2.75, 3.05) is 12.3 Å². The molecule has 17 heavy (non-hydrogen) atoms. The summed E-state index contributed by atoms with van der Waals surface area (Å²) >= 11 is 0. The largest absolute Gasteiger partial charge is 0.310 e. The molecule has 0 amide bonds. The molecule has 1 fully saturated rings. The summed E-state index contributed by atoms with van der Waals surface area (Å²) in [7, 11) is -3.08. The third kappa shape index (κ3) is 6.38. The summed E-state index contributed by atoms with van der Waals surface area (Å²) < 4.78 is 26.2. The highest BCUT2D eigenvalue weighted by Gasteiger charge is 2.19. The molecule has 0 saturated carbocycles. The van der Waals surface area contributed by atoms with E-state index in [1.807, 2.05) is 13.8 Å². The van der Waals surface area contributed by atoms with Gasteiger partial charge in [-0.3, -0.25) is 0 Å². The van der Waals surface area contributed by atoms with Gasteiger partial charge in [0.25, 0.3) is 0 Å². The van der Waals surface area contributed by atoms with Crippen LogP contribution in [0, 0.1) is 5.92 Å². The molecule has 0 aliphatic carbocycles. The number of piperidine rings is 1. The normalized spacial score (nSPS) is 26.4. The van der Waals surface area contributed by atoms with Crippen molar-refractivity contribution in [3.05, 3.63) is 0 Å². The smallest absolute Gasteiger partial charge is 0.211 e. The summed E-state index contributed by atoms with van der Waals surface area (Å²) in [6, 6.07) is 0.807. The van der Waals surface area contributed by atoms with Gasteiger partial charge in [0.15, 0.2) is 0 Å². The molecule has 1 aliphatic rings. The van der Waals surface area contributed by atoms with Gasteiger partial charge in [-0.25, -0.2) is 13.1 Å². The Labute approximate surface area is 106 Å². The predicted molar refractivity (Wildman–Crippen MR) is 71.5 cm³/mol. The minimum atomic E-state index is -3.08.